The van der Waals surface area contributed by atoms with Crippen LogP contribution in [-0.2, 0) is 16.5 Å². The first-order valence-corrected chi connectivity index (χ1v) is 14.6. The van der Waals surface area contributed by atoms with Crippen LogP contribution in [-0.4, -0.2) is 79.5 Å². The minimum absolute atomic E-state index is 0.195. The van der Waals surface area contributed by atoms with Gasteiger partial charge < -0.3 is 30.0 Å². The molecule has 0 spiro atoms. The predicted molar refractivity (Wildman–Crippen MR) is 161 cm³/mol. The summed E-state index contributed by atoms with van der Waals surface area (Å²) < 4.78 is 29.8. The summed E-state index contributed by atoms with van der Waals surface area (Å²) in [6, 6.07) is 5.61. The Morgan fingerprint density at radius 1 is 1.16 bits per heavy atom. The number of aromatic nitrogens is 6. The number of nitrogens with zero attached hydrogens (tertiary/aromatic N) is 7. The maximum Gasteiger partial charge on any atom is 0.407 e. The summed E-state index contributed by atoms with van der Waals surface area (Å²) in [4.78, 5) is 28.6. The highest BCUT2D eigenvalue weighted by molar-refractivity contribution is 5.92. The maximum atomic E-state index is 15.0. The molecule has 3 N–H and O–H groups in total. The van der Waals surface area contributed by atoms with Gasteiger partial charge in [0.1, 0.15) is 17.5 Å². The van der Waals surface area contributed by atoms with Crippen molar-refractivity contribution in [2.24, 2.45) is 7.05 Å². The zero-order valence-electron chi connectivity index (χ0n) is 25.0. The third kappa shape index (κ3) is 6.12. The lowest BCUT2D eigenvalue weighted by molar-refractivity contribution is 0.0490. The highest BCUT2D eigenvalue weighted by Gasteiger charge is 2.31. The topological polar surface area (TPSA) is 138 Å². The first-order valence-electron chi connectivity index (χ1n) is 14.6. The molecule has 0 aliphatic carbocycles. The van der Waals surface area contributed by atoms with Crippen molar-refractivity contribution in [1.82, 2.24) is 34.6 Å². The Morgan fingerprint density at radius 3 is 2.72 bits per heavy atom. The number of carbonyl (C=O) groups excluding carboxylic acids is 1. The average Bonchev–Trinajstić information content (AvgIpc) is 3.58. The lowest BCUT2D eigenvalue weighted by Gasteiger charge is -2.37. The van der Waals surface area contributed by atoms with Crippen molar-refractivity contribution >= 4 is 28.6 Å². The van der Waals surface area contributed by atoms with Crippen LogP contribution in [0.15, 0.2) is 36.8 Å². The number of carbonyl (C=O) groups is 1. The van der Waals surface area contributed by atoms with Gasteiger partial charge in [0.15, 0.2) is 11.6 Å². The number of hydrogen-bond donors (Lipinski definition) is 2. The molecule has 0 unspecified atom stereocenters. The summed E-state index contributed by atoms with van der Waals surface area (Å²) in [6.45, 7) is 7.46. The van der Waals surface area contributed by atoms with Gasteiger partial charge in [-0.1, -0.05) is 6.07 Å². The highest BCUT2D eigenvalue weighted by Crippen LogP contribution is 2.34. The second-order valence-corrected chi connectivity index (χ2v) is 12.3. The number of nitrogens with two attached hydrogens (primary N) is 1. The smallest absolute Gasteiger partial charge is 0.407 e. The van der Waals surface area contributed by atoms with Crippen LogP contribution in [0.4, 0.5) is 20.7 Å². The number of anilines is 2. The van der Waals surface area contributed by atoms with Gasteiger partial charge in [0.25, 0.3) is 0 Å². The number of imidazole rings is 1. The van der Waals surface area contributed by atoms with Crippen LogP contribution in [0.1, 0.15) is 46.1 Å². The maximum absolute atomic E-state index is 15.0. The van der Waals surface area contributed by atoms with Crippen LogP contribution in [0.5, 0.6) is 0 Å². The van der Waals surface area contributed by atoms with Crippen LogP contribution in [0.3, 0.4) is 0 Å². The minimum atomic E-state index is -1.13. The Kier molecular flexibility index (Phi) is 7.67. The number of ether oxygens (including phenoxy) is 2. The van der Waals surface area contributed by atoms with Crippen molar-refractivity contribution in [3.05, 3.63) is 36.8 Å². The first-order chi connectivity index (χ1) is 20.6. The summed E-state index contributed by atoms with van der Waals surface area (Å²) >= 11 is 0. The van der Waals surface area contributed by atoms with E-state index < -0.39 is 23.9 Å². The number of nitrogens with one attached hydrogen (secondary N) is 1. The summed E-state index contributed by atoms with van der Waals surface area (Å²) in [5.74, 6) is 0.798. The molecule has 3 aromatic heterocycles. The average molecular weight is 592 g/mol. The minimum Gasteiger partial charge on any atom is -0.444 e. The Balaban J connectivity index is 1.30. The number of rotatable bonds is 5. The van der Waals surface area contributed by atoms with E-state index in [1.54, 1.807) is 33.2 Å². The molecule has 4 aromatic rings. The van der Waals surface area contributed by atoms with E-state index in [0.717, 1.165) is 42.8 Å². The van der Waals surface area contributed by atoms with E-state index in [-0.39, 0.29) is 18.8 Å². The van der Waals surface area contributed by atoms with E-state index in [4.69, 9.17) is 25.2 Å². The number of alkyl halides is 1. The van der Waals surface area contributed by atoms with Crippen molar-refractivity contribution in [1.29, 1.82) is 0 Å². The van der Waals surface area contributed by atoms with Gasteiger partial charge in [-0.15, -0.1) is 0 Å². The number of aryl methyl sites for hydroxylation is 1. The lowest BCUT2D eigenvalue weighted by Crippen LogP contribution is -2.52. The summed E-state index contributed by atoms with van der Waals surface area (Å²) in [5, 5.41) is 7.41. The molecular weight excluding hydrogens is 553 g/mol. The van der Waals surface area contributed by atoms with E-state index in [9.17, 15) is 4.79 Å². The predicted octanol–water partition coefficient (Wildman–Crippen LogP) is 4.27. The third-order valence-corrected chi connectivity index (χ3v) is 7.81. The van der Waals surface area contributed by atoms with Crippen LogP contribution in [0.25, 0.3) is 33.8 Å². The number of alkyl carbamates (subject to hydrolysis) is 1. The molecule has 1 aromatic carbocycles. The lowest BCUT2D eigenvalue weighted by atomic mass is 10.0. The van der Waals surface area contributed by atoms with E-state index >= 15 is 4.39 Å². The van der Waals surface area contributed by atoms with Gasteiger partial charge in [-0.2, -0.15) is 5.10 Å². The molecule has 0 saturated carbocycles. The van der Waals surface area contributed by atoms with Crippen LogP contribution in [0, 0.1) is 0 Å². The molecule has 43 heavy (non-hydrogen) atoms. The number of amides is 1. The molecule has 6 rings (SSSR count). The Labute approximate surface area is 249 Å². The molecule has 2 aliphatic heterocycles. The van der Waals surface area contributed by atoms with Crippen LogP contribution in [0.2, 0.25) is 0 Å². The summed E-state index contributed by atoms with van der Waals surface area (Å²) in [5.41, 5.74) is 9.96. The van der Waals surface area contributed by atoms with Crippen LogP contribution >= 0.6 is 0 Å². The number of para-hydroxylation sites is 1. The molecule has 228 valence electrons. The molecule has 2 atom stereocenters. The third-order valence-electron chi connectivity index (χ3n) is 7.81. The first kappa shape index (κ1) is 28.8. The van der Waals surface area contributed by atoms with E-state index in [2.05, 4.69) is 15.4 Å². The van der Waals surface area contributed by atoms with Gasteiger partial charge >= 0.3 is 6.09 Å². The second-order valence-electron chi connectivity index (χ2n) is 12.3. The monoisotopic (exact) mass is 591 g/mol. The number of halogens is 1. The number of hydrogen-bond acceptors (Lipinski definition) is 9. The van der Waals surface area contributed by atoms with E-state index in [1.165, 1.54) is 0 Å². The molecule has 2 aliphatic rings. The fourth-order valence-electron chi connectivity index (χ4n) is 5.85. The number of benzene rings is 1. The fraction of sp³-hybridized carbons (Fsp3) is 0.500. The molecule has 12 nitrogen and oxygen atoms in total. The van der Waals surface area contributed by atoms with E-state index in [0.29, 0.717) is 35.3 Å². The standard InChI is InChI=1S/C30H38FN9O3/c1-30(2,3)43-29(41)35-20-12-19(31)16-39(17-20)24-7-5-6-22-26(24)38(4)28(37-22)25-27(32)33-14-23(36-25)18-13-34-40(15-18)21-8-10-42-11-9-21/h5-7,13-15,19-21H,8-12,16-17H2,1-4H3,(H2,32,33)(H,35,41)/t19-,20-/m0/s1. The number of fused-ring (bicyclic) bond motifs is 1. The van der Waals surface area contributed by atoms with Crippen molar-refractivity contribution in [2.75, 3.05) is 36.9 Å². The van der Waals surface area contributed by atoms with Crippen molar-refractivity contribution in [2.45, 2.75) is 63.9 Å². The molecule has 2 saturated heterocycles. The molecule has 2 fully saturated rings. The highest BCUT2D eigenvalue weighted by atomic mass is 19.1. The second kappa shape index (κ2) is 11.4. The number of piperidine rings is 1. The molecule has 0 bridgehead atoms. The molecule has 13 heteroatoms. The Bertz CT molecular complexity index is 1620. The molecule has 1 amide bonds. The molecular formula is C30H38FN9O3. The van der Waals surface area contributed by atoms with E-state index in [1.807, 2.05) is 45.6 Å². The van der Waals surface area contributed by atoms with Crippen molar-refractivity contribution in [3.8, 4) is 22.8 Å². The van der Waals surface area contributed by atoms with Gasteiger partial charge in [-0.3, -0.25) is 4.68 Å². The van der Waals surface area contributed by atoms with Gasteiger partial charge in [-0.25, -0.2) is 24.1 Å². The summed E-state index contributed by atoms with van der Waals surface area (Å²) in [7, 11) is 1.89. The van der Waals surface area contributed by atoms with Crippen molar-refractivity contribution < 1.29 is 18.7 Å². The van der Waals surface area contributed by atoms with Crippen molar-refractivity contribution in [3.63, 3.8) is 0 Å². The van der Waals surface area contributed by atoms with Gasteiger partial charge in [-0.05, 0) is 45.7 Å². The Morgan fingerprint density at radius 2 is 1.95 bits per heavy atom. The zero-order valence-corrected chi connectivity index (χ0v) is 25.0. The largest absolute Gasteiger partial charge is 0.444 e. The molecule has 5 heterocycles. The van der Waals surface area contributed by atoms with Crippen LogP contribution < -0.4 is 16.0 Å². The Hall–Kier alpha value is -4.26. The van der Waals surface area contributed by atoms with Gasteiger partial charge in [0.2, 0.25) is 0 Å². The van der Waals surface area contributed by atoms with Gasteiger partial charge in [0.05, 0.1) is 46.9 Å². The molecule has 0 radical (unpaired) electrons. The van der Waals surface area contributed by atoms with Gasteiger partial charge in [0, 0.05) is 51.5 Å². The SMILES string of the molecule is Cn1c(-c2nc(-c3cnn(C4CCOCC4)c3)cnc2N)nc2cccc(N3C[C@@H](F)C[C@H](NC(=O)OC(C)(C)C)C3)c21. The summed E-state index contributed by atoms with van der Waals surface area (Å²) in [6.07, 6.45) is 5.78. The quantitative estimate of drug-likeness (QED) is 0.348. The zero-order chi connectivity index (χ0) is 30.3. The number of nitrogen functional groups attached to an aromatic ring is 1. The normalized spacial score (nSPS) is 20.0. The fourth-order valence-corrected chi connectivity index (χ4v) is 5.85.